The van der Waals surface area contributed by atoms with Crippen molar-refractivity contribution in [3.63, 3.8) is 0 Å². The lowest BCUT2D eigenvalue weighted by molar-refractivity contribution is -0.274. The molecule has 0 atom stereocenters. The smallest absolute Gasteiger partial charge is 0.406 e. The maximum absolute atomic E-state index is 12.0. The van der Waals surface area contributed by atoms with Crippen molar-refractivity contribution in [1.29, 1.82) is 0 Å². The summed E-state index contributed by atoms with van der Waals surface area (Å²) < 4.78 is 39.9. The number of ether oxygens (including phenoxy) is 1. The molecule has 0 spiro atoms. The molecule has 19 heavy (non-hydrogen) atoms. The molecule has 2 rings (SSSR count). The normalized spacial score (nSPS) is 11.4. The molecule has 4 heteroatoms. The van der Waals surface area contributed by atoms with Gasteiger partial charge in [0.05, 0.1) is 0 Å². The summed E-state index contributed by atoms with van der Waals surface area (Å²) in [6.45, 7) is 2.00. The maximum Gasteiger partial charge on any atom is 0.573 e. The van der Waals surface area contributed by atoms with Crippen molar-refractivity contribution in [3.8, 4) is 5.75 Å². The number of alkyl halides is 3. The van der Waals surface area contributed by atoms with Gasteiger partial charge < -0.3 is 4.74 Å². The third-order valence-electron chi connectivity index (χ3n) is 2.65. The van der Waals surface area contributed by atoms with Gasteiger partial charge in [0.1, 0.15) is 5.75 Å². The summed E-state index contributed by atoms with van der Waals surface area (Å²) in [6.07, 6.45) is -3.95. The molecule has 0 aliphatic carbocycles. The highest BCUT2D eigenvalue weighted by Gasteiger charge is 2.30. The molecule has 0 aliphatic heterocycles. The van der Waals surface area contributed by atoms with Crippen molar-refractivity contribution in [2.75, 3.05) is 0 Å². The fourth-order valence-electron chi connectivity index (χ4n) is 1.87. The van der Waals surface area contributed by atoms with Crippen molar-refractivity contribution < 1.29 is 17.9 Å². The Bertz CT molecular complexity index is 544. The topological polar surface area (TPSA) is 9.23 Å². The zero-order valence-corrected chi connectivity index (χ0v) is 10.4. The molecule has 0 saturated carbocycles. The first-order valence-corrected chi connectivity index (χ1v) is 5.83. The highest BCUT2D eigenvalue weighted by Crippen LogP contribution is 2.23. The van der Waals surface area contributed by atoms with Crippen LogP contribution in [-0.4, -0.2) is 6.36 Å². The number of hydrogen-bond acceptors (Lipinski definition) is 1. The Balaban J connectivity index is 2.07. The molecule has 0 heterocycles. The molecule has 0 bridgehead atoms. The lowest BCUT2D eigenvalue weighted by Crippen LogP contribution is -2.17. The molecular formula is C15H13F3O. The van der Waals surface area contributed by atoms with Gasteiger partial charge in [0.25, 0.3) is 0 Å². The van der Waals surface area contributed by atoms with Crippen molar-refractivity contribution in [2.45, 2.75) is 19.7 Å². The zero-order chi connectivity index (χ0) is 13.9. The van der Waals surface area contributed by atoms with E-state index in [0.717, 1.165) is 16.7 Å². The highest BCUT2D eigenvalue weighted by molar-refractivity contribution is 5.32. The molecule has 0 N–H and O–H groups in total. The van der Waals surface area contributed by atoms with Gasteiger partial charge in [0.15, 0.2) is 0 Å². The van der Waals surface area contributed by atoms with E-state index in [1.165, 1.54) is 12.1 Å². The Morgan fingerprint density at radius 2 is 1.63 bits per heavy atom. The number of hydrogen-bond donors (Lipinski definition) is 0. The highest BCUT2D eigenvalue weighted by atomic mass is 19.4. The van der Waals surface area contributed by atoms with Crippen LogP contribution in [0.4, 0.5) is 13.2 Å². The second-order valence-electron chi connectivity index (χ2n) is 4.36. The first kappa shape index (κ1) is 13.5. The maximum atomic E-state index is 12.0. The molecule has 0 aromatic heterocycles. The van der Waals surface area contributed by atoms with Gasteiger partial charge in [-0.2, -0.15) is 0 Å². The van der Waals surface area contributed by atoms with Gasteiger partial charge >= 0.3 is 6.36 Å². The first-order chi connectivity index (χ1) is 8.92. The van der Waals surface area contributed by atoms with Crippen molar-refractivity contribution in [3.05, 3.63) is 65.2 Å². The van der Waals surface area contributed by atoms with Crippen LogP contribution in [0.25, 0.3) is 0 Å². The van der Waals surface area contributed by atoms with Crippen LogP contribution >= 0.6 is 0 Å². The zero-order valence-electron chi connectivity index (χ0n) is 10.4. The van der Waals surface area contributed by atoms with E-state index in [9.17, 15) is 13.2 Å². The minimum absolute atomic E-state index is 0.194. The molecule has 100 valence electrons. The summed E-state index contributed by atoms with van der Waals surface area (Å²) in [5.41, 5.74) is 3.24. The van der Waals surface area contributed by atoms with E-state index in [2.05, 4.69) is 10.8 Å². The Kier molecular flexibility index (Phi) is 3.79. The van der Waals surface area contributed by atoms with Gasteiger partial charge in [-0.15, -0.1) is 13.2 Å². The van der Waals surface area contributed by atoms with Gasteiger partial charge in [-0.25, -0.2) is 0 Å². The number of rotatable bonds is 3. The Morgan fingerprint density at radius 1 is 0.947 bits per heavy atom. The summed E-state index contributed by atoms with van der Waals surface area (Å²) in [6, 6.07) is 14.0. The molecule has 0 amide bonds. The summed E-state index contributed by atoms with van der Waals surface area (Å²) in [5.74, 6) is -0.194. The Morgan fingerprint density at radius 3 is 2.21 bits per heavy atom. The van der Waals surface area contributed by atoms with Crippen molar-refractivity contribution >= 4 is 0 Å². The second kappa shape index (κ2) is 5.34. The standard InChI is InChI=1S/C15H13F3O/c1-11-3-2-4-13(9-11)10-12-5-7-14(8-6-12)19-15(16,17)18/h2-9H,10H2,1H3. The van der Waals surface area contributed by atoms with E-state index in [1.807, 2.05) is 25.1 Å². The quantitative estimate of drug-likeness (QED) is 0.795. The third-order valence-corrected chi connectivity index (χ3v) is 2.65. The van der Waals surface area contributed by atoms with Gasteiger partial charge in [-0.1, -0.05) is 42.0 Å². The molecule has 0 unspecified atom stereocenters. The van der Waals surface area contributed by atoms with Crippen molar-refractivity contribution in [1.82, 2.24) is 0 Å². The molecule has 1 nitrogen and oxygen atoms in total. The van der Waals surface area contributed by atoms with Crippen LogP contribution < -0.4 is 4.74 Å². The molecule has 2 aromatic rings. The molecular weight excluding hydrogens is 253 g/mol. The summed E-state index contributed by atoms with van der Waals surface area (Å²) in [7, 11) is 0. The fourth-order valence-corrected chi connectivity index (χ4v) is 1.87. The second-order valence-corrected chi connectivity index (χ2v) is 4.36. The van der Waals surface area contributed by atoms with E-state index in [4.69, 9.17) is 0 Å². The van der Waals surface area contributed by atoms with E-state index < -0.39 is 6.36 Å². The van der Waals surface area contributed by atoms with Crippen molar-refractivity contribution in [2.24, 2.45) is 0 Å². The average Bonchev–Trinajstić information content (AvgIpc) is 2.30. The van der Waals surface area contributed by atoms with E-state index >= 15 is 0 Å². The van der Waals surface area contributed by atoms with Gasteiger partial charge in [0.2, 0.25) is 0 Å². The SMILES string of the molecule is Cc1cccc(Cc2ccc(OC(F)(F)F)cc2)c1. The molecule has 2 aromatic carbocycles. The number of halogens is 3. The van der Waals surface area contributed by atoms with E-state index in [-0.39, 0.29) is 5.75 Å². The van der Waals surface area contributed by atoms with Crippen LogP contribution in [-0.2, 0) is 6.42 Å². The molecule has 0 fully saturated rings. The van der Waals surface area contributed by atoms with Crippen LogP contribution in [0, 0.1) is 6.92 Å². The first-order valence-electron chi connectivity index (χ1n) is 5.83. The predicted octanol–water partition coefficient (Wildman–Crippen LogP) is 4.48. The Hall–Kier alpha value is -1.97. The van der Waals surface area contributed by atoms with Crippen LogP contribution in [0.5, 0.6) is 5.75 Å². The van der Waals surface area contributed by atoms with Crippen LogP contribution in [0.3, 0.4) is 0 Å². The lowest BCUT2D eigenvalue weighted by Gasteiger charge is -2.09. The van der Waals surface area contributed by atoms with E-state index in [1.54, 1.807) is 12.1 Å². The molecule has 0 radical (unpaired) electrons. The van der Waals surface area contributed by atoms with Gasteiger partial charge in [-0.05, 0) is 36.6 Å². The Labute approximate surface area is 109 Å². The largest absolute Gasteiger partial charge is 0.573 e. The monoisotopic (exact) mass is 266 g/mol. The van der Waals surface area contributed by atoms with Crippen LogP contribution in [0.15, 0.2) is 48.5 Å². The van der Waals surface area contributed by atoms with Gasteiger partial charge in [-0.3, -0.25) is 0 Å². The lowest BCUT2D eigenvalue weighted by atomic mass is 10.0. The summed E-state index contributed by atoms with van der Waals surface area (Å²) in [4.78, 5) is 0. The predicted molar refractivity (Wildman–Crippen MR) is 67.1 cm³/mol. The molecule has 0 saturated heterocycles. The average molecular weight is 266 g/mol. The van der Waals surface area contributed by atoms with Crippen LogP contribution in [0.1, 0.15) is 16.7 Å². The third kappa shape index (κ3) is 4.32. The summed E-state index contributed by atoms with van der Waals surface area (Å²) in [5, 5.41) is 0. The molecule has 0 aliphatic rings. The minimum Gasteiger partial charge on any atom is -0.406 e. The van der Waals surface area contributed by atoms with Crippen LogP contribution in [0.2, 0.25) is 0 Å². The minimum atomic E-state index is -4.64. The summed E-state index contributed by atoms with van der Waals surface area (Å²) >= 11 is 0. The number of benzene rings is 2. The fraction of sp³-hybridized carbons (Fsp3) is 0.200. The van der Waals surface area contributed by atoms with Gasteiger partial charge in [0, 0.05) is 0 Å². The van der Waals surface area contributed by atoms with E-state index in [0.29, 0.717) is 6.42 Å². The number of aryl methyl sites for hydroxylation is 1.